The molecule has 25 heavy (non-hydrogen) atoms. The lowest BCUT2D eigenvalue weighted by Gasteiger charge is -1.95. The van der Waals surface area contributed by atoms with Crippen molar-refractivity contribution < 1.29 is 9.32 Å². The zero-order valence-electron chi connectivity index (χ0n) is 12.9. The van der Waals surface area contributed by atoms with Gasteiger partial charge >= 0.3 is 0 Å². The Morgan fingerprint density at radius 1 is 0.920 bits per heavy atom. The zero-order chi connectivity index (χ0) is 17.1. The Morgan fingerprint density at radius 2 is 1.60 bits per heavy atom. The van der Waals surface area contributed by atoms with E-state index in [0.29, 0.717) is 10.9 Å². The largest absolute Gasteiger partial charge is 0.355 e. The van der Waals surface area contributed by atoms with E-state index >= 15 is 0 Å². The van der Waals surface area contributed by atoms with Gasteiger partial charge in [-0.15, -0.1) is 10.2 Å². The third-order valence-electron chi connectivity index (χ3n) is 3.47. The number of carbonyl (C=O) groups excluding carboxylic acids is 1. The fourth-order valence-electron chi connectivity index (χ4n) is 2.25. The second-order valence-electron chi connectivity index (χ2n) is 5.17. The van der Waals surface area contributed by atoms with Gasteiger partial charge in [0.15, 0.2) is 11.5 Å². The number of nitrogens with one attached hydrogen (secondary N) is 1. The minimum Gasteiger partial charge on any atom is -0.355 e. The van der Waals surface area contributed by atoms with Crippen LogP contribution in [0.15, 0.2) is 71.3 Å². The normalized spacial score (nSPS) is 10.6. The topological polar surface area (TPSA) is 80.9 Å². The molecule has 0 radical (unpaired) electrons. The molecule has 1 amide bonds. The lowest BCUT2D eigenvalue weighted by Crippen LogP contribution is -2.11. The molecule has 0 atom stereocenters. The Morgan fingerprint density at radius 3 is 2.32 bits per heavy atom. The molecule has 0 spiro atoms. The van der Waals surface area contributed by atoms with Gasteiger partial charge in [0, 0.05) is 17.2 Å². The predicted octanol–water partition coefficient (Wildman–Crippen LogP) is 4.11. The Bertz CT molecular complexity index is 996. The van der Waals surface area contributed by atoms with Crippen LogP contribution in [0.2, 0.25) is 0 Å². The fraction of sp³-hybridized carbons (Fsp3) is 0. The smallest absolute Gasteiger partial charge is 0.279 e. The Labute approximate surface area is 147 Å². The average molecular weight is 348 g/mol. The highest BCUT2D eigenvalue weighted by Gasteiger charge is 2.16. The van der Waals surface area contributed by atoms with Crippen LogP contribution in [0.5, 0.6) is 0 Å². The highest BCUT2D eigenvalue weighted by atomic mass is 32.1. The van der Waals surface area contributed by atoms with Crippen LogP contribution in [0.4, 0.5) is 5.13 Å². The molecule has 0 aliphatic heterocycles. The maximum Gasteiger partial charge on any atom is 0.279 e. The van der Waals surface area contributed by atoms with E-state index in [1.54, 1.807) is 6.07 Å². The van der Waals surface area contributed by atoms with Crippen molar-refractivity contribution in [3.8, 4) is 21.9 Å². The maximum atomic E-state index is 12.3. The first-order valence-electron chi connectivity index (χ1n) is 7.52. The van der Waals surface area contributed by atoms with Gasteiger partial charge in [-0.05, 0) is 0 Å². The highest BCUT2D eigenvalue weighted by molar-refractivity contribution is 7.18. The maximum absolute atomic E-state index is 12.3. The van der Waals surface area contributed by atoms with Crippen molar-refractivity contribution in [1.82, 2.24) is 15.4 Å². The fourth-order valence-corrected chi connectivity index (χ4v) is 3.00. The third kappa shape index (κ3) is 3.31. The van der Waals surface area contributed by atoms with Gasteiger partial charge in [-0.3, -0.25) is 10.1 Å². The van der Waals surface area contributed by atoms with Gasteiger partial charge in [-0.1, -0.05) is 77.2 Å². The Kier molecular flexibility index (Phi) is 4.05. The molecule has 0 saturated heterocycles. The highest BCUT2D eigenvalue weighted by Crippen LogP contribution is 2.26. The lowest BCUT2D eigenvalue weighted by atomic mass is 10.1. The van der Waals surface area contributed by atoms with Crippen LogP contribution in [0.1, 0.15) is 10.5 Å². The number of carbonyl (C=O) groups is 1. The molecule has 0 bridgehead atoms. The minimum absolute atomic E-state index is 0.190. The number of amides is 1. The van der Waals surface area contributed by atoms with Crippen LogP contribution in [-0.4, -0.2) is 21.3 Å². The summed E-state index contributed by atoms with van der Waals surface area (Å²) in [5, 5.41) is 15.8. The van der Waals surface area contributed by atoms with E-state index in [9.17, 15) is 4.79 Å². The molecule has 0 saturated carbocycles. The molecule has 4 rings (SSSR count). The first-order chi connectivity index (χ1) is 12.3. The van der Waals surface area contributed by atoms with Gasteiger partial charge in [-0.25, -0.2) is 0 Å². The number of benzene rings is 2. The van der Waals surface area contributed by atoms with Crippen LogP contribution in [-0.2, 0) is 0 Å². The second kappa shape index (κ2) is 6.66. The summed E-state index contributed by atoms with van der Waals surface area (Å²) in [4.78, 5) is 12.3. The molecule has 0 fully saturated rings. The van der Waals surface area contributed by atoms with E-state index in [1.165, 1.54) is 11.3 Å². The number of aromatic nitrogens is 3. The summed E-state index contributed by atoms with van der Waals surface area (Å²) in [7, 11) is 0. The van der Waals surface area contributed by atoms with Crippen LogP contribution in [0.25, 0.3) is 21.9 Å². The first kappa shape index (κ1) is 15.2. The van der Waals surface area contributed by atoms with E-state index in [4.69, 9.17) is 4.52 Å². The van der Waals surface area contributed by atoms with E-state index in [1.807, 2.05) is 60.7 Å². The number of nitrogens with zero attached hydrogens (tertiary/aromatic N) is 3. The molecule has 0 unspecified atom stereocenters. The molecule has 0 aliphatic rings. The van der Waals surface area contributed by atoms with Crippen LogP contribution >= 0.6 is 11.3 Å². The van der Waals surface area contributed by atoms with E-state index < -0.39 is 0 Å². The van der Waals surface area contributed by atoms with Gasteiger partial charge in [0.25, 0.3) is 5.91 Å². The molecule has 7 heteroatoms. The lowest BCUT2D eigenvalue weighted by molar-refractivity contribution is 0.101. The summed E-state index contributed by atoms with van der Waals surface area (Å²) in [5.74, 6) is 0.148. The first-order valence-corrected chi connectivity index (χ1v) is 8.34. The summed E-state index contributed by atoms with van der Waals surface area (Å²) in [5.41, 5.74) is 2.00. The molecule has 4 aromatic rings. The van der Waals surface area contributed by atoms with Crippen LogP contribution < -0.4 is 5.32 Å². The van der Waals surface area contributed by atoms with Crippen molar-refractivity contribution >= 4 is 22.4 Å². The SMILES string of the molecule is O=C(Nc1nnc(-c2ccccc2)s1)c1cc(-c2ccccc2)on1. The van der Waals surface area contributed by atoms with Crippen LogP contribution in [0.3, 0.4) is 0 Å². The quantitative estimate of drug-likeness (QED) is 0.600. The molecule has 122 valence electrons. The summed E-state index contributed by atoms with van der Waals surface area (Å²) in [6, 6.07) is 20.7. The van der Waals surface area contributed by atoms with E-state index in [0.717, 1.165) is 16.1 Å². The molecule has 6 nitrogen and oxygen atoms in total. The summed E-state index contributed by atoms with van der Waals surface area (Å²) in [6.07, 6.45) is 0. The van der Waals surface area contributed by atoms with Crippen molar-refractivity contribution in [3.05, 3.63) is 72.4 Å². The van der Waals surface area contributed by atoms with E-state index in [2.05, 4.69) is 20.7 Å². The van der Waals surface area contributed by atoms with Crippen LogP contribution in [0, 0.1) is 0 Å². The monoisotopic (exact) mass is 348 g/mol. The molecule has 2 heterocycles. The number of rotatable bonds is 4. The zero-order valence-corrected chi connectivity index (χ0v) is 13.7. The average Bonchev–Trinajstić information content (AvgIpc) is 3.33. The van der Waals surface area contributed by atoms with Crippen molar-refractivity contribution in [2.75, 3.05) is 5.32 Å². The summed E-state index contributed by atoms with van der Waals surface area (Å²) in [6.45, 7) is 0. The van der Waals surface area contributed by atoms with Gasteiger partial charge in [0.1, 0.15) is 5.01 Å². The molecular weight excluding hydrogens is 336 g/mol. The van der Waals surface area contributed by atoms with Gasteiger partial charge in [0.2, 0.25) is 5.13 Å². The minimum atomic E-state index is -0.387. The molecule has 1 N–H and O–H groups in total. The summed E-state index contributed by atoms with van der Waals surface area (Å²) >= 11 is 1.30. The van der Waals surface area contributed by atoms with Gasteiger partial charge in [0.05, 0.1) is 0 Å². The van der Waals surface area contributed by atoms with E-state index in [-0.39, 0.29) is 11.6 Å². The van der Waals surface area contributed by atoms with Crippen molar-refractivity contribution in [2.24, 2.45) is 0 Å². The standard InChI is InChI=1S/C18H12N4O2S/c23-16(14-11-15(24-22-14)12-7-3-1-4-8-12)19-18-21-20-17(25-18)13-9-5-2-6-10-13/h1-11H,(H,19,21,23). The Balaban J connectivity index is 1.50. The molecule has 2 aromatic heterocycles. The predicted molar refractivity (Wildman–Crippen MR) is 95.2 cm³/mol. The number of anilines is 1. The third-order valence-corrected chi connectivity index (χ3v) is 4.36. The van der Waals surface area contributed by atoms with Gasteiger partial charge in [-0.2, -0.15) is 0 Å². The van der Waals surface area contributed by atoms with Crippen molar-refractivity contribution in [1.29, 1.82) is 0 Å². The van der Waals surface area contributed by atoms with Gasteiger partial charge < -0.3 is 4.52 Å². The summed E-state index contributed by atoms with van der Waals surface area (Å²) < 4.78 is 5.24. The second-order valence-corrected chi connectivity index (χ2v) is 6.15. The number of hydrogen-bond donors (Lipinski definition) is 1. The number of hydrogen-bond acceptors (Lipinski definition) is 6. The molecule has 2 aromatic carbocycles. The van der Waals surface area contributed by atoms with Crippen molar-refractivity contribution in [2.45, 2.75) is 0 Å². The molecular formula is C18H12N4O2S. The molecule has 0 aliphatic carbocycles. The van der Waals surface area contributed by atoms with Crippen molar-refractivity contribution in [3.63, 3.8) is 0 Å². The Hall–Kier alpha value is -3.32.